The first kappa shape index (κ1) is 25.8. The molecule has 0 aliphatic rings. The van der Waals surface area contributed by atoms with Gasteiger partial charge in [0.25, 0.3) is 0 Å². The third kappa shape index (κ3) is 7.14. The SMILES string of the molecule is Cc1ccc(S(=O)(=O)NC(C)C(Cc2ccccc2)N(Cc2ccccc2)Cc2ccccc2)cc1. The van der Waals surface area contributed by atoms with Crippen molar-refractivity contribution >= 4 is 10.0 Å². The van der Waals surface area contributed by atoms with E-state index in [1.807, 2.05) is 80.6 Å². The van der Waals surface area contributed by atoms with E-state index in [-0.39, 0.29) is 17.0 Å². The van der Waals surface area contributed by atoms with Gasteiger partial charge in [0.05, 0.1) is 4.90 Å². The van der Waals surface area contributed by atoms with Crippen LogP contribution in [0.1, 0.15) is 29.2 Å². The molecule has 5 heteroatoms. The molecule has 0 aromatic heterocycles. The van der Waals surface area contributed by atoms with Gasteiger partial charge in [0.15, 0.2) is 0 Å². The van der Waals surface area contributed by atoms with Gasteiger partial charge in [-0.2, -0.15) is 0 Å². The summed E-state index contributed by atoms with van der Waals surface area (Å²) in [7, 11) is -3.67. The van der Waals surface area contributed by atoms with Crippen molar-refractivity contribution in [2.45, 2.75) is 50.3 Å². The molecular formula is C31H34N2O2S. The lowest BCUT2D eigenvalue weighted by atomic mass is 9.97. The normalized spacial score (nSPS) is 13.4. The van der Waals surface area contributed by atoms with Crippen molar-refractivity contribution in [2.24, 2.45) is 0 Å². The average molecular weight is 499 g/mol. The maximum Gasteiger partial charge on any atom is 0.240 e. The molecule has 4 nitrogen and oxygen atoms in total. The van der Waals surface area contributed by atoms with Crippen molar-refractivity contribution in [3.63, 3.8) is 0 Å². The second kappa shape index (κ2) is 12.1. The highest BCUT2D eigenvalue weighted by Crippen LogP contribution is 2.21. The molecular weight excluding hydrogens is 464 g/mol. The van der Waals surface area contributed by atoms with E-state index in [0.717, 1.165) is 12.0 Å². The molecule has 0 amide bonds. The quantitative estimate of drug-likeness (QED) is 0.277. The topological polar surface area (TPSA) is 49.4 Å². The lowest BCUT2D eigenvalue weighted by molar-refractivity contribution is 0.151. The first-order valence-electron chi connectivity index (χ1n) is 12.4. The maximum absolute atomic E-state index is 13.3. The molecule has 2 atom stereocenters. The molecule has 0 saturated carbocycles. The van der Waals surface area contributed by atoms with Crippen molar-refractivity contribution in [1.29, 1.82) is 0 Å². The van der Waals surface area contributed by atoms with Gasteiger partial charge in [0.1, 0.15) is 0 Å². The van der Waals surface area contributed by atoms with Gasteiger partial charge >= 0.3 is 0 Å². The Kier molecular flexibility index (Phi) is 8.70. The van der Waals surface area contributed by atoms with E-state index < -0.39 is 10.0 Å². The minimum atomic E-state index is -3.67. The molecule has 0 spiro atoms. The fourth-order valence-electron chi connectivity index (χ4n) is 4.51. The summed E-state index contributed by atoms with van der Waals surface area (Å²) in [5.41, 5.74) is 4.59. The first-order chi connectivity index (χ1) is 17.4. The number of nitrogens with one attached hydrogen (secondary N) is 1. The summed E-state index contributed by atoms with van der Waals surface area (Å²) >= 11 is 0. The zero-order valence-corrected chi connectivity index (χ0v) is 21.7. The Morgan fingerprint density at radius 2 is 1.11 bits per heavy atom. The number of nitrogens with zero attached hydrogens (tertiary/aromatic N) is 1. The standard InChI is InChI=1S/C31H34N2O2S/c1-25-18-20-30(21-19-25)36(34,35)32-26(2)31(22-27-12-6-3-7-13-27)33(23-28-14-8-4-9-15-28)24-29-16-10-5-11-17-29/h3-21,26,31-32H,22-24H2,1-2H3. The molecule has 0 heterocycles. The van der Waals surface area contributed by atoms with Crippen molar-refractivity contribution in [2.75, 3.05) is 0 Å². The highest BCUT2D eigenvalue weighted by molar-refractivity contribution is 7.89. The summed E-state index contributed by atoms with van der Waals surface area (Å²) in [6, 6.07) is 37.6. The average Bonchev–Trinajstić information content (AvgIpc) is 2.89. The van der Waals surface area contributed by atoms with E-state index in [0.29, 0.717) is 13.1 Å². The Morgan fingerprint density at radius 1 is 0.667 bits per heavy atom. The lowest BCUT2D eigenvalue weighted by Gasteiger charge is -2.36. The van der Waals surface area contributed by atoms with Crippen LogP contribution < -0.4 is 4.72 Å². The van der Waals surface area contributed by atoms with Gasteiger partial charge in [0.2, 0.25) is 10.0 Å². The minimum Gasteiger partial charge on any atom is -0.290 e. The molecule has 1 N–H and O–H groups in total. The Labute approximate surface area is 215 Å². The Bertz CT molecular complexity index is 1270. The smallest absolute Gasteiger partial charge is 0.240 e. The van der Waals surface area contributed by atoms with Crippen LogP contribution in [0.15, 0.2) is 120 Å². The predicted octanol–water partition coefficient (Wildman–Crippen LogP) is 5.98. The molecule has 186 valence electrons. The second-order valence-corrected chi connectivity index (χ2v) is 11.1. The molecule has 4 aromatic rings. The van der Waals surface area contributed by atoms with Crippen molar-refractivity contribution in [3.05, 3.63) is 138 Å². The lowest BCUT2D eigenvalue weighted by Crippen LogP contribution is -2.50. The summed E-state index contributed by atoms with van der Waals surface area (Å²) in [5, 5.41) is 0. The molecule has 4 aromatic carbocycles. The van der Waals surface area contributed by atoms with Crippen LogP contribution in [0, 0.1) is 6.92 Å². The highest BCUT2D eigenvalue weighted by atomic mass is 32.2. The van der Waals surface area contributed by atoms with Gasteiger partial charge in [-0.05, 0) is 49.1 Å². The summed E-state index contributed by atoms with van der Waals surface area (Å²) in [4.78, 5) is 2.68. The van der Waals surface area contributed by atoms with Crippen molar-refractivity contribution in [3.8, 4) is 0 Å². The largest absolute Gasteiger partial charge is 0.290 e. The van der Waals surface area contributed by atoms with E-state index >= 15 is 0 Å². The van der Waals surface area contributed by atoms with E-state index in [1.54, 1.807) is 12.1 Å². The number of rotatable bonds is 11. The van der Waals surface area contributed by atoms with Crippen LogP contribution in [-0.4, -0.2) is 25.4 Å². The fourth-order valence-corrected chi connectivity index (χ4v) is 5.79. The van der Waals surface area contributed by atoms with Gasteiger partial charge in [-0.3, -0.25) is 4.90 Å². The molecule has 0 fully saturated rings. The van der Waals surface area contributed by atoms with E-state index in [4.69, 9.17) is 0 Å². The second-order valence-electron chi connectivity index (χ2n) is 9.36. The van der Waals surface area contributed by atoms with Crippen molar-refractivity contribution < 1.29 is 8.42 Å². The summed E-state index contributed by atoms with van der Waals surface area (Å²) < 4.78 is 29.6. The number of hydrogen-bond acceptors (Lipinski definition) is 3. The van der Waals surface area contributed by atoms with Gasteiger partial charge in [0, 0.05) is 25.2 Å². The fraction of sp³-hybridized carbons (Fsp3) is 0.226. The predicted molar refractivity (Wildman–Crippen MR) is 147 cm³/mol. The molecule has 0 bridgehead atoms. The number of aryl methyl sites for hydroxylation is 1. The van der Waals surface area contributed by atoms with E-state index in [1.165, 1.54) is 16.7 Å². The zero-order chi connectivity index (χ0) is 25.4. The maximum atomic E-state index is 13.3. The monoisotopic (exact) mass is 498 g/mol. The molecule has 0 saturated heterocycles. The number of hydrogen-bond donors (Lipinski definition) is 1. The van der Waals surface area contributed by atoms with Gasteiger partial charge < -0.3 is 0 Å². The summed E-state index contributed by atoms with van der Waals surface area (Å²) in [6.07, 6.45) is 0.720. The number of sulfonamides is 1. The zero-order valence-electron chi connectivity index (χ0n) is 20.9. The Balaban J connectivity index is 1.67. The van der Waals surface area contributed by atoms with E-state index in [9.17, 15) is 8.42 Å². The van der Waals surface area contributed by atoms with Gasteiger partial charge in [-0.25, -0.2) is 13.1 Å². The van der Waals surface area contributed by atoms with Gasteiger partial charge in [-0.15, -0.1) is 0 Å². The summed E-state index contributed by atoms with van der Waals surface area (Å²) in [6.45, 7) is 5.35. The van der Waals surface area contributed by atoms with Crippen LogP contribution in [0.25, 0.3) is 0 Å². The van der Waals surface area contributed by atoms with Gasteiger partial charge in [-0.1, -0.05) is 109 Å². The first-order valence-corrected chi connectivity index (χ1v) is 13.8. The Hall–Kier alpha value is -3.25. The molecule has 36 heavy (non-hydrogen) atoms. The van der Waals surface area contributed by atoms with Crippen LogP contribution in [0.5, 0.6) is 0 Å². The van der Waals surface area contributed by atoms with E-state index in [2.05, 4.69) is 46.0 Å². The summed E-state index contributed by atoms with van der Waals surface area (Å²) in [5.74, 6) is 0. The van der Waals surface area contributed by atoms with Crippen LogP contribution >= 0.6 is 0 Å². The third-order valence-corrected chi connectivity index (χ3v) is 8.04. The molecule has 0 aliphatic carbocycles. The molecule has 4 rings (SSSR count). The van der Waals surface area contributed by atoms with Crippen LogP contribution in [-0.2, 0) is 29.5 Å². The Morgan fingerprint density at radius 3 is 1.58 bits per heavy atom. The molecule has 0 radical (unpaired) electrons. The number of benzene rings is 4. The molecule has 2 unspecified atom stereocenters. The highest BCUT2D eigenvalue weighted by Gasteiger charge is 2.29. The van der Waals surface area contributed by atoms with Crippen LogP contribution in [0.4, 0.5) is 0 Å². The van der Waals surface area contributed by atoms with Crippen LogP contribution in [0.2, 0.25) is 0 Å². The van der Waals surface area contributed by atoms with Crippen molar-refractivity contribution in [1.82, 2.24) is 9.62 Å². The van der Waals surface area contributed by atoms with Crippen LogP contribution in [0.3, 0.4) is 0 Å². The molecule has 0 aliphatic heterocycles. The third-order valence-electron chi connectivity index (χ3n) is 6.46. The minimum absolute atomic E-state index is 0.0759.